The molecule has 6 heteroatoms. The van der Waals surface area contributed by atoms with Crippen molar-refractivity contribution < 1.29 is 9.05 Å². The number of hydrogen-bond donors (Lipinski definition) is 2. The van der Waals surface area contributed by atoms with Gasteiger partial charge >= 0.3 is 0 Å². The molecule has 2 unspecified atom stereocenters. The second-order valence-electron chi connectivity index (χ2n) is 5.77. The van der Waals surface area contributed by atoms with Gasteiger partial charge in [0.05, 0.1) is 18.4 Å². The normalized spacial score (nSPS) is 22.8. The average Bonchev–Trinajstić information content (AvgIpc) is 3.43. The van der Waals surface area contributed by atoms with E-state index in [1.54, 1.807) is 18.5 Å². The minimum absolute atomic E-state index is 0.343. The van der Waals surface area contributed by atoms with Crippen LogP contribution in [0.3, 0.4) is 0 Å². The monoisotopic (exact) mass is 326 g/mol. The number of nitrogens with one attached hydrogen (secondary N) is 2. The SMILES string of the molecule is C(#CC1CCCN1)c1ccno1.C(=CC1CCCN1)c1ccno1. The minimum Gasteiger partial charge on any atom is -0.357 e. The lowest BCUT2D eigenvalue weighted by Gasteiger charge is -2.00. The van der Waals surface area contributed by atoms with Gasteiger partial charge in [-0.25, -0.2) is 0 Å². The average molecular weight is 326 g/mol. The Hall–Kier alpha value is -2.36. The Morgan fingerprint density at radius 3 is 2.54 bits per heavy atom. The Morgan fingerprint density at radius 2 is 1.88 bits per heavy atom. The molecule has 2 N–H and O–H groups in total. The van der Waals surface area contributed by atoms with E-state index in [1.165, 1.54) is 19.3 Å². The maximum atomic E-state index is 4.93. The lowest BCUT2D eigenvalue weighted by Crippen LogP contribution is -2.18. The first kappa shape index (κ1) is 16.5. The lowest BCUT2D eigenvalue weighted by atomic mass is 10.2. The van der Waals surface area contributed by atoms with Gasteiger partial charge in [0.2, 0.25) is 5.76 Å². The van der Waals surface area contributed by atoms with Crippen molar-refractivity contribution in [1.29, 1.82) is 0 Å². The van der Waals surface area contributed by atoms with Crippen molar-refractivity contribution >= 4 is 6.08 Å². The van der Waals surface area contributed by atoms with Gasteiger partial charge < -0.3 is 19.7 Å². The third kappa shape index (κ3) is 5.37. The van der Waals surface area contributed by atoms with E-state index in [-0.39, 0.29) is 0 Å². The zero-order valence-electron chi connectivity index (χ0n) is 13.6. The summed E-state index contributed by atoms with van der Waals surface area (Å²) in [5.41, 5.74) is 0. The molecule has 6 nitrogen and oxygen atoms in total. The summed E-state index contributed by atoms with van der Waals surface area (Å²) >= 11 is 0. The largest absolute Gasteiger partial charge is 0.357 e. The van der Waals surface area contributed by atoms with Gasteiger partial charge in [-0.2, -0.15) is 0 Å². The Kier molecular flexibility index (Phi) is 6.23. The fourth-order valence-corrected chi connectivity index (χ4v) is 2.64. The van der Waals surface area contributed by atoms with E-state index >= 15 is 0 Å². The third-order valence-corrected chi connectivity index (χ3v) is 3.92. The van der Waals surface area contributed by atoms with Crippen LogP contribution in [0.25, 0.3) is 6.08 Å². The Morgan fingerprint density at radius 1 is 1.04 bits per heavy atom. The molecule has 4 rings (SSSR count). The molecule has 2 aromatic heterocycles. The van der Waals surface area contributed by atoms with Crippen LogP contribution in [0.4, 0.5) is 0 Å². The molecular weight excluding hydrogens is 304 g/mol. The van der Waals surface area contributed by atoms with Gasteiger partial charge in [0.1, 0.15) is 0 Å². The van der Waals surface area contributed by atoms with Crippen molar-refractivity contribution in [3.63, 3.8) is 0 Å². The second kappa shape index (κ2) is 9.06. The molecule has 0 aliphatic carbocycles. The first-order chi connectivity index (χ1) is 11.9. The standard InChI is InChI=1S/C9H12N2O.C9H10N2O/c2*1-2-8(10-6-1)3-4-9-5-7-11-12-9/h3-5,7-8,10H,1-2,6H2;5,7-8,10H,1-2,6H2. The summed E-state index contributed by atoms with van der Waals surface area (Å²) in [6.07, 6.45) is 12.2. The molecule has 2 saturated heterocycles. The van der Waals surface area contributed by atoms with Crippen molar-refractivity contribution in [3.05, 3.63) is 42.1 Å². The molecule has 0 amide bonds. The summed E-state index contributed by atoms with van der Waals surface area (Å²) in [6, 6.07) is 4.48. The molecule has 4 heterocycles. The number of nitrogens with zero attached hydrogens (tertiary/aromatic N) is 2. The van der Waals surface area contributed by atoms with Crippen molar-refractivity contribution in [1.82, 2.24) is 20.9 Å². The highest BCUT2D eigenvalue weighted by Crippen LogP contribution is 2.08. The maximum absolute atomic E-state index is 4.93. The first-order valence-electron chi connectivity index (χ1n) is 8.38. The summed E-state index contributed by atoms with van der Waals surface area (Å²) in [5, 5.41) is 13.8. The van der Waals surface area contributed by atoms with Gasteiger partial charge in [-0.05, 0) is 50.8 Å². The van der Waals surface area contributed by atoms with E-state index in [2.05, 4.69) is 38.9 Å². The smallest absolute Gasteiger partial charge is 0.209 e. The van der Waals surface area contributed by atoms with Crippen LogP contribution in [0.5, 0.6) is 0 Å². The molecule has 0 aromatic carbocycles. The Bertz CT molecular complexity index is 656. The van der Waals surface area contributed by atoms with E-state index in [9.17, 15) is 0 Å². The van der Waals surface area contributed by atoms with E-state index in [0.717, 1.165) is 25.3 Å². The summed E-state index contributed by atoms with van der Waals surface area (Å²) < 4.78 is 9.77. The predicted molar refractivity (Wildman–Crippen MR) is 91.0 cm³/mol. The minimum atomic E-state index is 0.343. The topological polar surface area (TPSA) is 76.1 Å². The van der Waals surface area contributed by atoms with Gasteiger partial charge in [0.15, 0.2) is 5.76 Å². The molecule has 2 aliphatic rings. The second-order valence-corrected chi connectivity index (χ2v) is 5.77. The number of aromatic nitrogens is 2. The molecule has 0 spiro atoms. The highest BCUT2D eigenvalue weighted by molar-refractivity contribution is 5.42. The zero-order chi connectivity index (χ0) is 16.5. The third-order valence-electron chi connectivity index (χ3n) is 3.92. The van der Waals surface area contributed by atoms with Crippen LogP contribution >= 0.6 is 0 Å². The first-order valence-corrected chi connectivity index (χ1v) is 8.38. The highest BCUT2D eigenvalue weighted by Gasteiger charge is 2.10. The highest BCUT2D eigenvalue weighted by atomic mass is 16.5. The van der Waals surface area contributed by atoms with Crippen LogP contribution < -0.4 is 10.6 Å². The van der Waals surface area contributed by atoms with Crippen LogP contribution in [0, 0.1) is 11.8 Å². The van der Waals surface area contributed by atoms with Gasteiger partial charge in [-0.15, -0.1) is 0 Å². The van der Waals surface area contributed by atoms with Gasteiger partial charge in [-0.3, -0.25) is 0 Å². The molecule has 0 saturated carbocycles. The zero-order valence-corrected chi connectivity index (χ0v) is 13.6. The van der Waals surface area contributed by atoms with E-state index in [1.807, 2.05) is 12.1 Å². The Balaban J connectivity index is 0.000000141. The molecule has 2 fully saturated rings. The lowest BCUT2D eigenvalue weighted by molar-refractivity contribution is 0.411. The molecule has 24 heavy (non-hydrogen) atoms. The van der Waals surface area contributed by atoms with Gasteiger partial charge in [0, 0.05) is 18.2 Å². The Labute approximate surface area is 141 Å². The maximum Gasteiger partial charge on any atom is 0.209 e. The molecule has 2 aliphatic heterocycles. The van der Waals surface area contributed by atoms with Crippen LogP contribution in [0.1, 0.15) is 37.2 Å². The van der Waals surface area contributed by atoms with E-state index in [0.29, 0.717) is 17.8 Å². The summed E-state index contributed by atoms with van der Waals surface area (Å²) in [4.78, 5) is 0. The van der Waals surface area contributed by atoms with E-state index < -0.39 is 0 Å². The van der Waals surface area contributed by atoms with Gasteiger partial charge in [-0.1, -0.05) is 22.3 Å². The summed E-state index contributed by atoms with van der Waals surface area (Å²) in [5.74, 6) is 7.48. The molecule has 0 radical (unpaired) electrons. The molecular formula is C18H22N4O2. The van der Waals surface area contributed by atoms with Gasteiger partial charge in [0.25, 0.3) is 0 Å². The fraction of sp³-hybridized carbons (Fsp3) is 0.444. The van der Waals surface area contributed by atoms with Crippen LogP contribution in [-0.4, -0.2) is 35.5 Å². The van der Waals surface area contributed by atoms with Crippen molar-refractivity contribution in [3.8, 4) is 11.8 Å². The predicted octanol–water partition coefficient (Wildman–Crippen LogP) is 2.22. The van der Waals surface area contributed by atoms with Crippen molar-refractivity contribution in [2.75, 3.05) is 13.1 Å². The van der Waals surface area contributed by atoms with Crippen LogP contribution in [0.15, 0.2) is 39.6 Å². The molecule has 2 atom stereocenters. The van der Waals surface area contributed by atoms with Crippen molar-refractivity contribution in [2.24, 2.45) is 0 Å². The van der Waals surface area contributed by atoms with Crippen LogP contribution in [0.2, 0.25) is 0 Å². The summed E-state index contributed by atoms with van der Waals surface area (Å²) in [6.45, 7) is 2.21. The number of rotatable bonds is 2. The van der Waals surface area contributed by atoms with E-state index in [4.69, 9.17) is 9.05 Å². The summed E-state index contributed by atoms with van der Waals surface area (Å²) in [7, 11) is 0. The molecule has 2 aromatic rings. The molecule has 0 bridgehead atoms. The van der Waals surface area contributed by atoms with Crippen LogP contribution in [-0.2, 0) is 0 Å². The number of hydrogen-bond acceptors (Lipinski definition) is 6. The molecule has 126 valence electrons. The van der Waals surface area contributed by atoms with Crippen molar-refractivity contribution in [2.45, 2.75) is 37.8 Å². The quantitative estimate of drug-likeness (QED) is 0.824. The fourth-order valence-electron chi connectivity index (χ4n) is 2.64.